The highest BCUT2D eigenvalue weighted by Crippen LogP contribution is 2.28. The molecule has 19 heavy (non-hydrogen) atoms. The van der Waals surface area contributed by atoms with Gasteiger partial charge in [-0.3, -0.25) is 0 Å². The fourth-order valence-corrected chi connectivity index (χ4v) is 1.84. The predicted octanol–water partition coefficient (Wildman–Crippen LogP) is 5.32. The molecule has 0 unspecified atom stereocenters. The Balaban J connectivity index is 2.36. The Morgan fingerprint density at radius 3 is 1.63 bits per heavy atom. The van der Waals surface area contributed by atoms with E-state index in [4.69, 9.17) is 0 Å². The van der Waals surface area contributed by atoms with E-state index in [-0.39, 0.29) is 11.1 Å². The van der Waals surface area contributed by atoms with Crippen LogP contribution in [-0.2, 0) is 6.42 Å². The fraction of sp³-hybridized carbons (Fsp3) is 0.176. The summed E-state index contributed by atoms with van der Waals surface area (Å²) in [5.41, 5.74) is 2.66. The summed E-state index contributed by atoms with van der Waals surface area (Å²) in [7, 11) is 0. The molecule has 0 fully saturated rings. The molecule has 0 atom stereocenters. The first-order chi connectivity index (χ1) is 9.11. The van der Waals surface area contributed by atoms with Gasteiger partial charge in [-0.25, -0.2) is 8.78 Å². The molecule has 0 heterocycles. The van der Waals surface area contributed by atoms with Gasteiger partial charge < -0.3 is 0 Å². The maximum Gasteiger partial charge on any atom is 0.166 e. The average molecular weight is 258 g/mol. The molecule has 0 bridgehead atoms. The Morgan fingerprint density at radius 2 is 1.21 bits per heavy atom. The van der Waals surface area contributed by atoms with Gasteiger partial charge in [0, 0.05) is 11.1 Å². The van der Waals surface area contributed by atoms with Crippen molar-refractivity contribution in [2.45, 2.75) is 20.3 Å². The quantitative estimate of drug-likeness (QED) is 0.653. The number of rotatable bonds is 3. The van der Waals surface area contributed by atoms with Crippen molar-refractivity contribution in [1.29, 1.82) is 0 Å². The largest absolute Gasteiger partial charge is 0.203 e. The first-order valence-electron chi connectivity index (χ1n) is 6.33. The minimum atomic E-state index is -0.816. The highest BCUT2D eigenvalue weighted by molar-refractivity contribution is 5.83. The Morgan fingerprint density at radius 1 is 0.789 bits per heavy atom. The summed E-state index contributed by atoms with van der Waals surface area (Å²) in [6.07, 6.45) is 0.881. The molecule has 0 N–H and O–H groups in total. The molecule has 0 saturated carbocycles. The fourth-order valence-electron chi connectivity index (χ4n) is 1.84. The zero-order valence-corrected chi connectivity index (χ0v) is 11.1. The summed E-state index contributed by atoms with van der Waals surface area (Å²) in [6, 6.07) is 13.6. The number of hydrogen-bond donors (Lipinski definition) is 0. The van der Waals surface area contributed by atoms with Gasteiger partial charge in [0.1, 0.15) is 0 Å². The van der Waals surface area contributed by atoms with Gasteiger partial charge in [-0.1, -0.05) is 61.0 Å². The number of aryl methyl sites for hydroxylation is 2. The van der Waals surface area contributed by atoms with Crippen LogP contribution in [0.25, 0.3) is 11.7 Å². The summed E-state index contributed by atoms with van der Waals surface area (Å²) in [5, 5.41) is 0. The van der Waals surface area contributed by atoms with Crippen LogP contribution in [0.1, 0.15) is 29.2 Å². The van der Waals surface area contributed by atoms with Crippen molar-refractivity contribution in [2.75, 3.05) is 0 Å². The Hall–Kier alpha value is -1.96. The van der Waals surface area contributed by atoms with Crippen LogP contribution in [0.4, 0.5) is 8.78 Å². The molecule has 0 spiro atoms. The van der Waals surface area contributed by atoms with E-state index in [1.165, 1.54) is 0 Å². The third-order valence-corrected chi connectivity index (χ3v) is 3.11. The summed E-state index contributed by atoms with van der Waals surface area (Å²) in [6.45, 7) is 3.93. The highest BCUT2D eigenvalue weighted by Gasteiger charge is 2.11. The van der Waals surface area contributed by atoms with E-state index >= 15 is 0 Å². The van der Waals surface area contributed by atoms with E-state index in [1.807, 2.05) is 26.0 Å². The van der Waals surface area contributed by atoms with Crippen LogP contribution in [-0.4, -0.2) is 0 Å². The van der Waals surface area contributed by atoms with Crippen LogP contribution in [0, 0.1) is 6.92 Å². The molecule has 0 aliphatic carbocycles. The Kier molecular flexibility index (Phi) is 4.10. The van der Waals surface area contributed by atoms with Gasteiger partial charge >= 0.3 is 0 Å². The van der Waals surface area contributed by atoms with E-state index in [2.05, 4.69) is 0 Å². The van der Waals surface area contributed by atoms with E-state index in [9.17, 15) is 8.78 Å². The van der Waals surface area contributed by atoms with Crippen LogP contribution in [0.15, 0.2) is 48.5 Å². The lowest BCUT2D eigenvalue weighted by atomic mass is 10.1. The smallest absolute Gasteiger partial charge is 0.166 e. The molecule has 0 nitrogen and oxygen atoms in total. The van der Waals surface area contributed by atoms with E-state index < -0.39 is 11.7 Å². The second kappa shape index (κ2) is 5.79. The van der Waals surface area contributed by atoms with E-state index in [0.717, 1.165) is 17.5 Å². The molecule has 0 amide bonds. The predicted molar refractivity (Wildman–Crippen MR) is 76.0 cm³/mol. The van der Waals surface area contributed by atoms with Crippen molar-refractivity contribution < 1.29 is 8.78 Å². The molecule has 2 rings (SSSR count). The van der Waals surface area contributed by atoms with E-state index in [1.54, 1.807) is 36.4 Å². The SMILES string of the molecule is CCc1ccc(/C(F)=C(\F)c2ccc(C)cc2)cc1. The molecule has 2 aromatic carbocycles. The van der Waals surface area contributed by atoms with Crippen LogP contribution in [0.2, 0.25) is 0 Å². The summed E-state index contributed by atoms with van der Waals surface area (Å²) in [5.74, 6) is -1.63. The normalized spacial score (nSPS) is 12.2. The lowest BCUT2D eigenvalue weighted by Gasteiger charge is -2.04. The maximum atomic E-state index is 14.1. The minimum Gasteiger partial charge on any atom is -0.203 e. The molecule has 2 heteroatoms. The van der Waals surface area contributed by atoms with Gasteiger partial charge in [0.05, 0.1) is 0 Å². The molecule has 0 aliphatic rings. The van der Waals surface area contributed by atoms with Gasteiger partial charge in [-0.05, 0) is 18.9 Å². The number of hydrogen-bond acceptors (Lipinski definition) is 0. The summed E-state index contributed by atoms with van der Waals surface area (Å²) >= 11 is 0. The van der Waals surface area contributed by atoms with Gasteiger partial charge in [-0.15, -0.1) is 0 Å². The molecular weight excluding hydrogens is 242 g/mol. The summed E-state index contributed by atoms with van der Waals surface area (Å²) < 4.78 is 28.1. The lowest BCUT2D eigenvalue weighted by Crippen LogP contribution is -1.86. The Bertz CT molecular complexity index is 578. The first kappa shape index (κ1) is 13.5. The molecule has 0 radical (unpaired) electrons. The Labute approximate surface area is 112 Å². The second-order valence-electron chi connectivity index (χ2n) is 4.54. The highest BCUT2D eigenvalue weighted by atomic mass is 19.2. The van der Waals surface area contributed by atoms with Crippen LogP contribution in [0.5, 0.6) is 0 Å². The molecule has 0 aliphatic heterocycles. The van der Waals surface area contributed by atoms with Crippen LogP contribution >= 0.6 is 0 Å². The second-order valence-corrected chi connectivity index (χ2v) is 4.54. The van der Waals surface area contributed by atoms with Crippen molar-refractivity contribution in [3.63, 3.8) is 0 Å². The molecule has 2 aromatic rings. The van der Waals surface area contributed by atoms with Crippen LogP contribution < -0.4 is 0 Å². The van der Waals surface area contributed by atoms with Gasteiger partial charge in [0.2, 0.25) is 0 Å². The average Bonchev–Trinajstić information content (AvgIpc) is 2.46. The third-order valence-electron chi connectivity index (χ3n) is 3.11. The van der Waals surface area contributed by atoms with Crippen LogP contribution in [0.3, 0.4) is 0 Å². The topological polar surface area (TPSA) is 0 Å². The molecule has 0 saturated heterocycles. The maximum absolute atomic E-state index is 14.1. The molecule has 98 valence electrons. The standard InChI is InChI=1S/C17H16F2/c1-3-13-6-10-15(11-7-13)17(19)16(18)14-8-4-12(2)5-9-14/h4-11H,3H2,1-2H3/b17-16+. The van der Waals surface area contributed by atoms with Gasteiger partial charge in [0.15, 0.2) is 11.7 Å². The van der Waals surface area contributed by atoms with Gasteiger partial charge in [0.25, 0.3) is 0 Å². The first-order valence-corrected chi connectivity index (χ1v) is 6.33. The minimum absolute atomic E-state index is 0.266. The molecular formula is C17H16F2. The van der Waals surface area contributed by atoms with Gasteiger partial charge in [-0.2, -0.15) is 0 Å². The van der Waals surface area contributed by atoms with Crippen molar-refractivity contribution in [1.82, 2.24) is 0 Å². The number of benzene rings is 2. The number of halogens is 2. The van der Waals surface area contributed by atoms with Crippen molar-refractivity contribution >= 4 is 11.7 Å². The monoisotopic (exact) mass is 258 g/mol. The van der Waals surface area contributed by atoms with Crippen molar-refractivity contribution in [2.24, 2.45) is 0 Å². The molecule has 0 aromatic heterocycles. The zero-order chi connectivity index (χ0) is 13.8. The third kappa shape index (κ3) is 3.08. The zero-order valence-electron chi connectivity index (χ0n) is 11.1. The lowest BCUT2D eigenvalue weighted by molar-refractivity contribution is 0.700. The van der Waals surface area contributed by atoms with E-state index in [0.29, 0.717) is 0 Å². The summed E-state index contributed by atoms with van der Waals surface area (Å²) in [4.78, 5) is 0. The van der Waals surface area contributed by atoms with Crippen molar-refractivity contribution in [3.05, 3.63) is 70.8 Å². The van der Waals surface area contributed by atoms with Crippen molar-refractivity contribution in [3.8, 4) is 0 Å².